The van der Waals surface area contributed by atoms with Gasteiger partial charge in [-0.15, -0.1) is 0 Å². The number of benzene rings is 1. The van der Waals surface area contributed by atoms with Crippen molar-refractivity contribution in [1.29, 1.82) is 0 Å². The Morgan fingerprint density at radius 1 is 1.32 bits per heavy atom. The summed E-state index contributed by atoms with van der Waals surface area (Å²) in [7, 11) is 0. The van der Waals surface area contributed by atoms with Gasteiger partial charge in [-0.25, -0.2) is 4.39 Å². The highest BCUT2D eigenvalue weighted by atomic mass is 79.9. The van der Waals surface area contributed by atoms with E-state index in [1.807, 2.05) is 12.3 Å². The third-order valence-corrected chi connectivity index (χ3v) is 3.84. The molecule has 1 aromatic carbocycles. The van der Waals surface area contributed by atoms with E-state index in [1.165, 1.54) is 11.6 Å². The fourth-order valence-electron chi connectivity index (χ4n) is 1.97. The van der Waals surface area contributed by atoms with E-state index in [0.29, 0.717) is 11.0 Å². The third-order valence-electron chi connectivity index (χ3n) is 2.95. The molecule has 0 saturated carbocycles. The number of halogens is 2. The maximum absolute atomic E-state index is 13.4. The zero-order valence-corrected chi connectivity index (χ0v) is 12.6. The monoisotopic (exact) mass is 324 g/mol. The predicted octanol–water partition coefficient (Wildman–Crippen LogP) is 3.94. The van der Waals surface area contributed by atoms with Crippen molar-refractivity contribution in [3.05, 3.63) is 58.1 Å². The fraction of sp³-hybridized carbons (Fsp3) is 0.333. The van der Waals surface area contributed by atoms with Gasteiger partial charge in [0.2, 0.25) is 0 Å². The van der Waals surface area contributed by atoms with Crippen molar-refractivity contribution < 1.29 is 4.39 Å². The number of rotatable bonds is 6. The van der Waals surface area contributed by atoms with Gasteiger partial charge >= 0.3 is 0 Å². The van der Waals surface area contributed by atoms with Crippen LogP contribution in [0.15, 0.2) is 41.1 Å². The van der Waals surface area contributed by atoms with Gasteiger partial charge in [0.15, 0.2) is 0 Å². The highest BCUT2D eigenvalue weighted by Crippen LogP contribution is 2.21. The number of nitrogens with one attached hydrogen (secondary N) is 1. The van der Waals surface area contributed by atoms with Crippen LogP contribution in [0.25, 0.3) is 0 Å². The van der Waals surface area contributed by atoms with Crippen molar-refractivity contribution in [2.75, 3.05) is 6.54 Å². The maximum Gasteiger partial charge on any atom is 0.137 e. The topological polar surface area (TPSA) is 17.0 Å². The summed E-state index contributed by atoms with van der Waals surface area (Å²) >= 11 is 3.30. The normalized spacial score (nSPS) is 10.9. The molecule has 0 atom stereocenters. The first kappa shape index (κ1) is 14.3. The van der Waals surface area contributed by atoms with E-state index in [1.54, 1.807) is 6.07 Å². The largest absolute Gasteiger partial charge is 0.350 e. The molecule has 0 saturated heterocycles. The van der Waals surface area contributed by atoms with Crippen LogP contribution in [-0.2, 0) is 13.1 Å². The Balaban J connectivity index is 2.01. The molecule has 19 heavy (non-hydrogen) atoms. The Morgan fingerprint density at radius 2 is 2.16 bits per heavy atom. The molecule has 0 fully saturated rings. The second-order valence-corrected chi connectivity index (χ2v) is 5.37. The molecule has 0 unspecified atom stereocenters. The summed E-state index contributed by atoms with van der Waals surface area (Å²) in [6.07, 6.45) is 5.26. The molecule has 0 aliphatic heterocycles. The van der Waals surface area contributed by atoms with Crippen molar-refractivity contribution in [3.8, 4) is 0 Å². The van der Waals surface area contributed by atoms with Gasteiger partial charge in [0, 0.05) is 25.5 Å². The average molecular weight is 325 g/mol. The van der Waals surface area contributed by atoms with Crippen LogP contribution in [0.5, 0.6) is 0 Å². The van der Waals surface area contributed by atoms with Crippen LogP contribution in [0.2, 0.25) is 0 Å². The van der Waals surface area contributed by atoms with E-state index < -0.39 is 0 Å². The minimum atomic E-state index is -0.213. The molecule has 0 spiro atoms. The van der Waals surface area contributed by atoms with Gasteiger partial charge in [-0.3, -0.25) is 0 Å². The second kappa shape index (κ2) is 6.87. The highest BCUT2D eigenvalue weighted by Gasteiger charge is 2.05. The fourth-order valence-corrected chi connectivity index (χ4v) is 2.36. The summed E-state index contributed by atoms with van der Waals surface area (Å²) < 4.78 is 16.0. The first-order chi connectivity index (χ1) is 9.20. The SMILES string of the molecule is CCCNCc1ccn(Cc2cccc(F)c2Br)c1. The van der Waals surface area contributed by atoms with Crippen LogP contribution < -0.4 is 5.32 Å². The Morgan fingerprint density at radius 3 is 2.95 bits per heavy atom. The van der Waals surface area contributed by atoms with E-state index in [2.05, 4.69) is 45.0 Å². The summed E-state index contributed by atoms with van der Waals surface area (Å²) in [5.41, 5.74) is 2.20. The Hall–Kier alpha value is -1.13. The maximum atomic E-state index is 13.4. The molecular formula is C15H18BrFN2. The molecule has 1 heterocycles. The van der Waals surface area contributed by atoms with Crippen molar-refractivity contribution in [2.24, 2.45) is 0 Å². The van der Waals surface area contributed by atoms with E-state index in [0.717, 1.165) is 25.1 Å². The molecule has 1 aromatic heterocycles. The van der Waals surface area contributed by atoms with Crippen LogP contribution in [0.3, 0.4) is 0 Å². The second-order valence-electron chi connectivity index (χ2n) is 4.58. The van der Waals surface area contributed by atoms with Gasteiger partial charge in [-0.1, -0.05) is 19.1 Å². The zero-order chi connectivity index (χ0) is 13.7. The number of hydrogen-bond donors (Lipinski definition) is 1. The van der Waals surface area contributed by atoms with E-state index in [9.17, 15) is 4.39 Å². The van der Waals surface area contributed by atoms with E-state index in [-0.39, 0.29) is 5.82 Å². The molecule has 2 aromatic rings. The third kappa shape index (κ3) is 3.91. The zero-order valence-electron chi connectivity index (χ0n) is 11.0. The standard InChI is InChI=1S/C15H18BrFN2/c1-2-7-18-9-12-6-8-19(10-12)11-13-4-3-5-14(17)15(13)16/h3-6,8,10,18H,2,7,9,11H2,1H3. The van der Waals surface area contributed by atoms with Crippen LogP contribution in [0.1, 0.15) is 24.5 Å². The summed E-state index contributed by atoms with van der Waals surface area (Å²) in [5.74, 6) is -0.213. The molecule has 1 N–H and O–H groups in total. The van der Waals surface area contributed by atoms with Crippen LogP contribution in [0, 0.1) is 5.82 Å². The summed E-state index contributed by atoms with van der Waals surface area (Å²) in [5, 5.41) is 3.37. The Labute approximate surface area is 121 Å². The van der Waals surface area contributed by atoms with Crippen LogP contribution >= 0.6 is 15.9 Å². The summed E-state index contributed by atoms with van der Waals surface area (Å²) in [4.78, 5) is 0. The summed E-state index contributed by atoms with van der Waals surface area (Å²) in [6, 6.07) is 7.23. The lowest BCUT2D eigenvalue weighted by molar-refractivity contribution is 0.616. The van der Waals surface area contributed by atoms with E-state index in [4.69, 9.17) is 0 Å². The van der Waals surface area contributed by atoms with Gasteiger partial charge < -0.3 is 9.88 Å². The predicted molar refractivity (Wildman–Crippen MR) is 79.6 cm³/mol. The Kier molecular flexibility index (Phi) is 5.16. The molecule has 0 bridgehead atoms. The van der Waals surface area contributed by atoms with E-state index >= 15 is 0 Å². The van der Waals surface area contributed by atoms with Crippen molar-refractivity contribution in [3.63, 3.8) is 0 Å². The molecule has 0 amide bonds. The number of hydrogen-bond acceptors (Lipinski definition) is 1. The smallest absolute Gasteiger partial charge is 0.137 e. The molecule has 0 radical (unpaired) electrons. The number of nitrogens with zero attached hydrogens (tertiary/aromatic N) is 1. The van der Waals surface area contributed by atoms with Gasteiger partial charge in [-0.2, -0.15) is 0 Å². The van der Waals surface area contributed by atoms with Gasteiger partial charge in [-0.05, 0) is 52.2 Å². The molecule has 0 aliphatic rings. The first-order valence-electron chi connectivity index (χ1n) is 6.49. The molecular weight excluding hydrogens is 307 g/mol. The minimum Gasteiger partial charge on any atom is -0.350 e. The van der Waals surface area contributed by atoms with Gasteiger partial charge in [0.1, 0.15) is 5.82 Å². The lowest BCUT2D eigenvalue weighted by Crippen LogP contribution is -2.13. The van der Waals surface area contributed by atoms with Crippen molar-refractivity contribution in [2.45, 2.75) is 26.4 Å². The van der Waals surface area contributed by atoms with Crippen LogP contribution in [0.4, 0.5) is 4.39 Å². The lowest BCUT2D eigenvalue weighted by atomic mass is 10.2. The average Bonchev–Trinajstić information content (AvgIpc) is 2.83. The molecule has 2 rings (SSSR count). The van der Waals surface area contributed by atoms with Gasteiger partial charge in [0.25, 0.3) is 0 Å². The molecule has 0 aliphatic carbocycles. The quantitative estimate of drug-likeness (QED) is 0.796. The molecule has 2 nitrogen and oxygen atoms in total. The minimum absolute atomic E-state index is 0.213. The van der Waals surface area contributed by atoms with Gasteiger partial charge in [0.05, 0.1) is 4.47 Å². The lowest BCUT2D eigenvalue weighted by Gasteiger charge is -2.06. The molecule has 102 valence electrons. The highest BCUT2D eigenvalue weighted by molar-refractivity contribution is 9.10. The Bertz CT molecular complexity index is 537. The van der Waals surface area contributed by atoms with Crippen molar-refractivity contribution in [1.82, 2.24) is 9.88 Å². The number of aromatic nitrogens is 1. The first-order valence-corrected chi connectivity index (χ1v) is 7.28. The van der Waals surface area contributed by atoms with Crippen molar-refractivity contribution >= 4 is 15.9 Å². The summed E-state index contributed by atoms with van der Waals surface area (Å²) in [6.45, 7) is 4.73. The van der Waals surface area contributed by atoms with Crippen LogP contribution in [-0.4, -0.2) is 11.1 Å². The molecule has 4 heteroatoms.